The number of rotatable bonds is 4. The van der Waals surface area contributed by atoms with Crippen LogP contribution >= 0.6 is 11.3 Å². The summed E-state index contributed by atoms with van der Waals surface area (Å²) in [6, 6.07) is 0. The molecule has 18 heavy (non-hydrogen) atoms. The lowest BCUT2D eigenvalue weighted by Gasteiger charge is -2.10. The van der Waals surface area contributed by atoms with Gasteiger partial charge in [0.1, 0.15) is 5.69 Å². The van der Waals surface area contributed by atoms with Gasteiger partial charge in [0.15, 0.2) is 10.8 Å². The summed E-state index contributed by atoms with van der Waals surface area (Å²) in [6.45, 7) is 1.13. The molecule has 0 spiro atoms. The highest BCUT2D eigenvalue weighted by Crippen LogP contribution is 2.13. The van der Waals surface area contributed by atoms with Crippen molar-refractivity contribution < 1.29 is 14.7 Å². The number of nitrogens with zero attached hydrogens (tertiary/aromatic N) is 2. The van der Waals surface area contributed by atoms with Crippen LogP contribution in [0.2, 0.25) is 0 Å². The molecule has 1 fully saturated rings. The number of carbonyl (C=O) groups is 1. The maximum Gasteiger partial charge on any atom is 0.275 e. The number of hydrogen-bond acceptors (Lipinski definition) is 7. The first-order valence-corrected chi connectivity index (χ1v) is 6.42. The summed E-state index contributed by atoms with van der Waals surface area (Å²) in [5.41, 5.74) is 5.59. The second-order valence-electron chi connectivity index (χ2n) is 3.86. The molecule has 1 atom stereocenters. The Kier molecular flexibility index (Phi) is 4.11. The fourth-order valence-corrected chi connectivity index (χ4v) is 2.25. The first-order chi connectivity index (χ1) is 8.70. The van der Waals surface area contributed by atoms with Crippen LogP contribution in [0.1, 0.15) is 18.5 Å². The molecule has 2 rings (SSSR count). The van der Waals surface area contributed by atoms with Crippen molar-refractivity contribution in [2.75, 3.05) is 18.9 Å². The molecule has 7 nitrogen and oxygen atoms in total. The Labute approximate surface area is 108 Å². The molecule has 1 aliphatic rings. The predicted molar refractivity (Wildman–Crippen MR) is 66.8 cm³/mol. The molecule has 1 aromatic rings. The number of hydrogen-bond donors (Lipinski definition) is 3. The van der Waals surface area contributed by atoms with Gasteiger partial charge in [0, 0.05) is 18.5 Å². The van der Waals surface area contributed by atoms with Gasteiger partial charge in [-0.1, -0.05) is 5.16 Å². The topological polar surface area (TPSA) is 110 Å². The summed E-state index contributed by atoms with van der Waals surface area (Å²) in [5, 5.41) is 16.4. The van der Waals surface area contributed by atoms with Gasteiger partial charge in [-0.25, -0.2) is 4.98 Å². The van der Waals surface area contributed by atoms with Gasteiger partial charge in [-0.15, -0.1) is 11.3 Å². The molecule has 0 saturated carbocycles. The molecule has 0 aromatic carbocycles. The van der Waals surface area contributed by atoms with Crippen LogP contribution in [0.25, 0.3) is 0 Å². The summed E-state index contributed by atoms with van der Waals surface area (Å²) in [6.07, 6.45) is 1.97. The summed E-state index contributed by atoms with van der Waals surface area (Å²) >= 11 is 1.18. The number of nitrogen functional groups attached to an aromatic ring is 1. The Hall–Kier alpha value is -1.67. The van der Waals surface area contributed by atoms with E-state index in [1.54, 1.807) is 5.38 Å². The van der Waals surface area contributed by atoms with Crippen LogP contribution in [-0.2, 0) is 9.53 Å². The fourth-order valence-electron chi connectivity index (χ4n) is 1.70. The van der Waals surface area contributed by atoms with Crippen LogP contribution in [0.15, 0.2) is 10.5 Å². The minimum atomic E-state index is -0.488. The summed E-state index contributed by atoms with van der Waals surface area (Å²) in [7, 11) is 0. The van der Waals surface area contributed by atoms with Crippen molar-refractivity contribution in [1.82, 2.24) is 10.3 Å². The van der Waals surface area contributed by atoms with E-state index in [0.29, 0.717) is 11.7 Å². The minimum absolute atomic E-state index is 0.0365. The molecular formula is C10H14N4O3S. The molecule has 0 radical (unpaired) electrons. The molecule has 8 heteroatoms. The first-order valence-electron chi connectivity index (χ1n) is 5.54. The highest BCUT2D eigenvalue weighted by Gasteiger charge is 2.21. The van der Waals surface area contributed by atoms with Gasteiger partial charge in [0.25, 0.3) is 5.91 Å². The SMILES string of the molecule is Nc1nc(/C(=N/O)C(=O)NC[C@@H]2CCCO2)cs1. The molecule has 1 amide bonds. The summed E-state index contributed by atoms with van der Waals surface area (Å²) < 4.78 is 5.38. The normalized spacial score (nSPS) is 20.0. The monoisotopic (exact) mass is 270 g/mol. The third kappa shape index (κ3) is 2.96. The lowest BCUT2D eigenvalue weighted by molar-refractivity contribution is -0.115. The number of nitrogens with one attached hydrogen (secondary N) is 1. The first kappa shape index (κ1) is 12.8. The average molecular weight is 270 g/mol. The number of amides is 1. The Bertz CT molecular complexity index is 454. The molecule has 0 aliphatic carbocycles. The molecule has 2 heterocycles. The maximum atomic E-state index is 11.8. The number of carbonyl (C=O) groups excluding carboxylic acids is 1. The zero-order valence-corrected chi connectivity index (χ0v) is 10.4. The van der Waals surface area contributed by atoms with E-state index >= 15 is 0 Å². The third-order valence-electron chi connectivity index (χ3n) is 2.59. The van der Waals surface area contributed by atoms with Gasteiger partial charge in [0.2, 0.25) is 0 Å². The fraction of sp³-hybridized carbons (Fsp3) is 0.500. The largest absolute Gasteiger partial charge is 0.410 e. The molecule has 1 aromatic heterocycles. The number of thiazole rings is 1. The van der Waals surface area contributed by atoms with Gasteiger partial charge in [-0.3, -0.25) is 4.79 Å². The molecular weight excluding hydrogens is 256 g/mol. The predicted octanol–water partition coefficient (Wildman–Crippen LogP) is 0.199. The van der Waals surface area contributed by atoms with Crippen LogP contribution in [0, 0.1) is 0 Å². The van der Waals surface area contributed by atoms with E-state index in [1.165, 1.54) is 11.3 Å². The van der Waals surface area contributed by atoms with Crippen molar-refractivity contribution in [2.45, 2.75) is 18.9 Å². The highest BCUT2D eigenvalue weighted by molar-refractivity contribution is 7.13. The van der Waals surface area contributed by atoms with Gasteiger partial charge in [0.05, 0.1) is 6.10 Å². The average Bonchev–Trinajstić information content (AvgIpc) is 2.99. The van der Waals surface area contributed by atoms with Gasteiger partial charge in [-0.2, -0.15) is 0 Å². The van der Waals surface area contributed by atoms with Gasteiger partial charge >= 0.3 is 0 Å². The van der Waals surface area contributed by atoms with Crippen molar-refractivity contribution in [3.8, 4) is 0 Å². The van der Waals surface area contributed by atoms with Crippen molar-refractivity contribution in [1.29, 1.82) is 0 Å². The Morgan fingerprint density at radius 2 is 2.61 bits per heavy atom. The van der Waals surface area contributed by atoms with Crippen LogP contribution in [0.4, 0.5) is 5.13 Å². The van der Waals surface area contributed by atoms with Crippen LogP contribution < -0.4 is 11.1 Å². The standard InChI is InChI=1S/C10H14N4O3S/c11-10-13-7(5-18-10)8(14-16)9(15)12-4-6-2-1-3-17-6/h5-6,16H,1-4H2,(H2,11,13)(H,12,15)/b14-8-/t6-/m0/s1. The van der Waals surface area contributed by atoms with E-state index in [-0.39, 0.29) is 17.5 Å². The molecule has 0 unspecified atom stereocenters. The van der Waals surface area contributed by atoms with Crippen molar-refractivity contribution in [3.63, 3.8) is 0 Å². The zero-order valence-electron chi connectivity index (χ0n) is 9.63. The molecule has 98 valence electrons. The minimum Gasteiger partial charge on any atom is -0.410 e. The van der Waals surface area contributed by atoms with Crippen LogP contribution in [0.3, 0.4) is 0 Å². The van der Waals surface area contributed by atoms with E-state index < -0.39 is 5.91 Å². The molecule has 0 bridgehead atoms. The van der Waals surface area contributed by atoms with E-state index in [0.717, 1.165) is 19.4 Å². The van der Waals surface area contributed by atoms with E-state index in [4.69, 9.17) is 15.7 Å². The maximum absolute atomic E-state index is 11.8. The number of aromatic nitrogens is 1. The smallest absolute Gasteiger partial charge is 0.275 e. The van der Waals surface area contributed by atoms with Gasteiger partial charge < -0.3 is 21.0 Å². The number of ether oxygens (including phenoxy) is 1. The van der Waals surface area contributed by atoms with Crippen molar-refractivity contribution in [2.24, 2.45) is 5.16 Å². The Morgan fingerprint density at radius 3 is 3.17 bits per heavy atom. The number of nitrogens with two attached hydrogens (primary N) is 1. The Balaban J connectivity index is 1.93. The molecule has 1 saturated heterocycles. The van der Waals surface area contributed by atoms with Crippen LogP contribution in [-0.4, -0.2) is 41.1 Å². The second-order valence-corrected chi connectivity index (χ2v) is 4.75. The summed E-state index contributed by atoms with van der Waals surface area (Å²) in [5.74, 6) is -0.488. The van der Waals surface area contributed by atoms with E-state index in [2.05, 4.69) is 15.5 Å². The molecule has 4 N–H and O–H groups in total. The lowest BCUT2D eigenvalue weighted by Crippen LogP contribution is -2.37. The number of oxime groups is 1. The Morgan fingerprint density at radius 1 is 1.78 bits per heavy atom. The second kappa shape index (κ2) is 5.78. The van der Waals surface area contributed by atoms with Gasteiger partial charge in [-0.05, 0) is 12.8 Å². The van der Waals surface area contributed by atoms with E-state index in [1.807, 2.05) is 0 Å². The molecule has 1 aliphatic heterocycles. The highest BCUT2D eigenvalue weighted by atomic mass is 32.1. The van der Waals surface area contributed by atoms with Crippen molar-refractivity contribution >= 4 is 28.1 Å². The third-order valence-corrected chi connectivity index (χ3v) is 3.27. The van der Waals surface area contributed by atoms with E-state index in [9.17, 15) is 4.79 Å². The zero-order chi connectivity index (χ0) is 13.0. The van der Waals surface area contributed by atoms with Crippen LogP contribution in [0.5, 0.6) is 0 Å². The summed E-state index contributed by atoms with van der Waals surface area (Å²) in [4.78, 5) is 15.7. The number of anilines is 1. The van der Waals surface area contributed by atoms with Crippen molar-refractivity contribution in [3.05, 3.63) is 11.1 Å². The lowest BCUT2D eigenvalue weighted by atomic mass is 10.2. The quantitative estimate of drug-likeness (QED) is 0.411.